The van der Waals surface area contributed by atoms with Crippen molar-refractivity contribution in [2.75, 3.05) is 0 Å². The van der Waals surface area contributed by atoms with Crippen LogP contribution in [0.3, 0.4) is 0 Å². The molecular weight excluding hydrogens is 454 g/mol. The molecule has 1 aliphatic carbocycles. The Balaban J connectivity index is 2.07. The molecular formula is C23H24F6O4. The average molecular weight is 478 g/mol. The highest BCUT2D eigenvalue weighted by Gasteiger charge is 2.39. The minimum atomic E-state index is -5.15. The number of carbonyl (C=O) groups excluding carboxylic acids is 2. The maximum atomic E-state index is 13.3. The number of allylic oxidation sites excluding steroid dienone is 2. The van der Waals surface area contributed by atoms with E-state index in [0.717, 1.165) is 12.5 Å². The van der Waals surface area contributed by atoms with Crippen LogP contribution in [-0.4, -0.2) is 22.6 Å². The van der Waals surface area contributed by atoms with Gasteiger partial charge in [0, 0.05) is 24.3 Å². The van der Waals surface area contributed by atoms with Crippen molar-refractivity contribution in [3.8, 4) is 0 Å². The number of carbonyl (C=O) groups is 3. The maximum absolute atomic E-state index is 13.3. The summed E-state index contributed by atoms with van der Waals surface area (Å²) in [6.07, 6.45) is -3.93. The summed E-state index contributed by atoms with van der Waals surface area (Å²) in [5.74, 6) is -2.69. The monoisotopic (exact) mass is 478 g/mol. The van der Waals surface area contributed by atoms with Crippen molar-refractivity contribution in [1.29, 1.82) is 0 Å². The number of benzene rings is 1. The fraction of sp³-hybridized carbons (Fsp3) is 0.522. The Morgan fingerprint density at radius 3 is 2.27 bits per heavy atom. The average Bonchev–Trinajstić information content (AvgIpc) is 3.06. The van der Waals surface area contributed by atoms with Crippen LogP contribution in [0.25, 0.3) is 0 Å². The van der Waals surface area contributed by atoms with Crippen LogP contribution in [0, 0.1) is 11.8 Å². The van der Waals surface area contributed by atoms with E-state index in [4.69, 9.17) is 5.11 Å². The highest BCUT2D eigenvalue weighted by molar-refractivity contribution is 6.05. The smallest absolute Gasteiger partial charge is 0.417 e. The van der Waals surface area contributed by atoms with Crippen LogP contribution in [0.4, 0.5) is 26.3 Å². The van der Waals surface area contributed by atoms with Crippen molar-refractivity contribution in [3.63, 3.8) is 0 Å². The van der Waals surface area contributed by atoms with Gasteiger partial charge in [-0.05, 0) is 49.5 Å². The lowest BCUT2D eigenvalue weighted by molar-refractivity contribution is -0.143. The van der Waals surface area contributed by atoms with Crippen LogP contribution in [-0.2, 0) is 21.9 Å². The summed E-state index contributed by atoms with van der Waals surface area (Å²) in [4.78, 5) is 35.1. The van der Waals surface area contributed by atoms with Crippen molar-refractivity contribution in [3.05, 3.63) is 47.0 Å². The molecule has 1 aromatic rings. The first-order valence-electron chi connectivity index (χ1n) is 10.6. The summed E-state index contributed by atoms with van der Waals surface area (Å²) in [5.41, 5.74) is -4.04. The Kier molecular flexibility index (Phi) is 8.85. The number of rotatable bonds is 10. The van der Waals surface area contributed by atoms with Gasteiger partial charge < -0.3 is 5.11 Å². The number of carboxylic acids is 1. The molecule has 2 rings (SSSR count). The summed E-state index contributed by atoms with van der Waals surface area (Å²) < 4.78 is 78.3. The van der Waals surface area contributed by atoms with Gasteiger partial charge in [0.1, 0.15) is 5.78 Å². The number of halogens is 6. The molecule has 33 heavy (non-hydrogen) atoms. The third-order valence-electron chi connectivity index (χ3n) is 5.72. The lowest BCUT2D eigenvalue weighted by Gasteiger charge is -2.16. The quantitative estimate of drug-likeness (QED) is 0.181. The number of Topliss-reactive ketones (excluding diaryl/α,β-unsaturated/α-hetero) is 1. The molecule has 2 unspecified atom stereocenters. The lowest BCUT2D eigenvalue weighted by Crippen LogP contribution is -2.16. The second-order valence-electron chi connectivity index (χ2n) is 8.10. The Morgan fingerprint density at radius 1 is 1.00 bits per heavy atom. The fourth-order valence-corrected chi connectivity index (χ4v) is 4.00. The van der Waals surface area contributed by atoms with Crippen molar-refractivity contribution < 1.29 is 45.8 Å². The molecule has 0 heterocycles. The number of alkyl halides is 6. The Morgan fingerprint density at radius 2 is 1.67 bits per heavy atom. The van der Waals surface area contributed by atoms with Gasteiger partial charge in [-0.1, -0.05) is 25.3 Å². The first-order valence-corrected chi connectivity index (χ1v) is 10.6. The van der Waals surface area contributed by atoms with Crippen molar-refractivity contribution in [2.45, 2.75) is 63.7 Å². The van der Waals surface area contributed by atoms with Gasteiger partial charge in [0.15, 0.2) is 5.78 Å². The molecule has 0 aliphatic heterocycles. The lowest BCUT2D eigenvalue weighted by atomic mass is 9.89. The normalized spacial score (nSPS) is 19.4. The SMILES string of the molecule is O=C(O)CCCCCCC1C(=O)CCC1/C=C/C(=O)c1ccc(C(F)(F)F)cc1C(F)(F)F. The van der Waals surface area contributed by atoms with Crippen LogP contribution in [0.5, 0.6) is 0 Å². The predicted octanol–water partition coefficient (Wildman–Crippen LogP) is 6.48. The van der Waals surface area contributed by atoms with Gasteiger partial charge >= 0.3 is 18.3 Å². The van der Waals surface area contributed by atoms with E-state index in [9.17, 15) is 40.7 Å². The fourth-order valence-electron chi connectivity index (χ4n) is 4.00. The number of aliphatic carboxylic acids is 1. The molecule has 1 N–H and O–H groups in total. The number of ketones is 2. The number of hydrogen-bond acceptors (Lipinski definition) is 3. The maximum Gasteiger partial charge on any atom is 0.417 e. The van der Waals surface area contributed by atoms with Crippen molar-refractivity contribution in [2.24, 2.45) is 11.8 Å². The predicted molar refractivity (Wildman–Crippen MR) is 106 cm³/mol. The van der Waals surface area contributed by atoms with Gasteiger partial charge in [-0.3, -0.25) is 14.4 Å². The molecule has 0 radical (unpaired) electrons. The molecule has 182 valence electrons. The minimum Gasteiger partial charge on any atom is -0.481 e. The van der Waals surface area contributed by atoms with Crippen molar-refractivity contribution >= 4 is 17.5 Å². The zero-order valence-electron chi connectivity index (χ0n) is 17.6. The third-order valence-corrected chi connectivity index (χ3v) is 5.72. The van der Waals surface area contributed by atoms with Crippen molar-refractivity contribution in [1.82, 2.24) is 0 Å². The summed E-state index contributed by atoms with van der Waals surface area (Å²) >= 11 is 0. The minimum absolute atomic E-state index is 0.00635. The van der Waals surface area contributed by atoms with Crippen LogP contribution >= 0.6 is 0 Å². The van der Waals surface area contributed by atoms with Crippen LogP contribution in [0.15, 0.2) is 30.4 Å². The molecule has 1 saturated carbocycles. The van der Waals surface area contributed by atoms with E-state index < -0.39 is 40.8 Å². The van der Waals surface area contributed by atoms with E-state index >= 15 is 0 Å². The highest BCUT2D eigenvalue weighted by atomic mass is 19.4. The molecule has 0 aromatic heterocycles. The van der Waals surface area contributed by atoms with Gasteiger partial charge in [0.05, 0.1) is 11.1 Å². The summed E-state index contributed by atoms with van der Waals surface area (Å²) in [7, 11) is 0. The standard InChI is InChI=1S/C23H24F6O4/c24-22(25,26)15-9-10-17(18(13-15)23(27,28)29)20(31)12-8-14-7-11-19(30)16(14)5-3-1-2-4-6-21(32)33/h8-10,12-14,16H,1-7,11H2,(H,32,33)/b12-8+. The van der Waals surface area contributed by atoms with E-state index in [1.54, 1.807) is 0 Å². The second-order valence-corrected chi connectivity index (χ2v) is 8.10. The van der Waals surface area contributed by atoms with Crippen LogP contribution < -0.4 is 0 Å². The molecule has 10 heteroatoms. The molecule has 1 fully saturated rings. The van der Waals surface area contributed by atoms with Gasteiger partial charge in [0.2, 0.25) is 0 Å². The topological polar surface area (TPSA) is 71.4 Å². The molecule has 0 bridgehead atoms. The zero-order valence-corrected chi connectivity index (χ0v) is 17.6. The molecule has 4 nitrogen and oxygen atoms in total. The van der Waals surface area contributed by atoms with E-state index in [2.05, 4.69) is 0 Å². The number of hydrogen-bond donors (Lipinski definition) is 1. The molecule has 0 amide bonds. The molecule has 2 atom stereocenters. The Labute approximate surface area is 186 Å². The summed E-state index contributed by atoms with van der Waals surface area (Å²) in [5, 5.41) is 8.62. The van der Waals surface area contributed by atoms with E-state index in [1.807, 2.05) is 0 Å². The first kappa shape index (κ1) is 26.6. The second kappa shape index (κ2) is 11.0. The van der Waals surface area contributed by atoms with E-state index in [-0.39, 0.29) is 36.5 Å². The number of unbranched alkanes of at least 4 members (excludes halogenated alkanes) is 3. The number of carboxylic acid groups (broad SMARTS) is 1. The largest absolute Gasteiger partial charge is 0.481 e. The molecule has 1 aromatic carbocycles. The Bertz CT molecular complexity index is 901. The highest BCUT2D eigenvalue weighted by Crippen LogP contribution is 2.38. The van der Waals surface area contributed by atoms with Crippen LogP contribution in [0.1, 0.15) is 72.9 Å². The summed E-state index contributed by atoms with van der Waals surface area (Å²) in [6.45, 7) is 0. The third kappa shape index (κ3) is 7.71. The first-order chi connectivity index (χ1) is 15.3. The van der Waals surface area contributed by atoms with E-state index in [0.29, 0.717) is 44.2 Å². The van der Waals surface area contributed by atoms with Gasteiger partial charge in [-0.2, -0.15) is 26.3 Å². The molecule has 1 aliphatic rings. The zero-order chi connectivity index (χ0) is 24.8. The van der Waals surface area contributed by atoms with Crippen LogP contribution in [0.2, 0.25) is 0 Å². The Hall–Kier alpha value is -2.65. The van der Waals surface area contributed by atoms with Gasteiger partial charge in [-0.25, -0.2) is 0 Å². The molecule has 0 spiro atoms. The van der Waals surface area contributed by atoms with Gasteiger partial charge in [-0.15, -0.1) is 0 Å². The molecule has 0 saturated heterocycles. The van der Waals surface area contributed by atoms with E-state index in [1.165, 1.54) is 6.08 Å². The summed E-state index contributed by atoms with van der Waals surface area (Å²) in [6, 6.07) is 0.878. The van der Waals surface area contributed by atoms with Gasteiger partial charge in [0.25, 0.3) is 0 Å².